The van der Waals surface area contributed by atoms with E-state index in [1.165, 1.54) is 18.4 Å². The molecule has 0 aromatic heterocycles. The normalized spacial score (nSPS) is 17.3. The summed E-state index contributed by atoms with van der Waals surface area (Å²) in [6.45, 7) is 5.63. The molecule has 0 spiro atoms. The molecule has 1 aliphatic carbocycles. The molecular weight excluding hydrogens is 260 g/mol. The fraction of sp³-hybridized carbons (Fsp3) is 0.611. The van der Waals surface area contributed by atoms with Crippen LogP contribution in [0, 0.1) is 11.8 Å². The van der Waals surface area contributed by atoms with Gasteiger partial charge in [0.1, 0.15) is 0 Å². The van der Waals surface area contributed by atoms with Crippen LogP contribution in [0.3, 0.4) is 0 Å². The monoisotopic (exact) mass is 288 g/mol. The van der Waals surface area contributed by atoms with E-state index in [9.17, 15) is 4.79 Å². The number of carbonyl (C=O) groups excluding carboxylic acids is 1. The van der Waals surface area contributed by atoms with Gasteiger partial charge in [-0.2, -0.15) is 0 Å². The molecule has 1 saturated carbocycles. The molecule has 0 bridgehead atoms. The summed E-state index contributed by atoms with van der Waals surface area (Å²) in [7, 11) is 0. The number of rotatable bonds is 8. The highest BCUT2D eigenvalue weighted by atomic mass is 16.2. The molecule has 21 heavy (non-hydrogen) atoms. The Kier molecular flexibility index (Phi) is 5.80. The first-order valence-electron chi connectivity index (χ1n) is 8.18. The first kappa shape index (κ1) is 16.0. The van der Waals surface area contributed by atoms with Gasteiger partial charge in [-0.25, -0.2) is 0 Å². The molecular formula is C18H28N2O. The summed E-state index contributed by atoms with van der Waals surface area (Å²) >= 11 is 0. The molecule has 1 amide bonds. The van der Waals surface area contributed by atoms with Crippen LogP contribution < -0.4 is 5.73 Å². The molecule has 0 radical (unpaired) electrons. The van der Waals surface area contributed by atoms with Gasteiger partial charge in [0.15, 0.2) is 0 Å². The van der Waals surface area contributed by atoms with Crippen LogP contribution in [0.2, 0.25) is 0 Å². The highest BCUT2D eigenvalue weighted by Crippen LogP contribution is 2.36. The Morgan fingerprint density at radius 3 is 2.52 bits per heavy atom. The van der Waals surface area contributed by atoms with Crippen molar-refractivity contribution in [1.29, 1.82) is 0 Å². The molecule has 1 aromatic rings. The number of benzene rings is 1. The number of nitrogens with zero attached hydrogens (tertiary/aromatic N) is 1. The zero-order valence-corrected chi connectivity index (χ0v) is 13.3. The first-order chi connectivity index (χ1) is 10.1. The fourth-order valence-corrected chi connectivity index (χ4v) is 2.87. The Labute approximate surface area is 128 Å². The molecule has 1 fully saturated rings. The Bertz CT molecular complexity index is 442. The van der Waals surface area contributed by atoms with E-state index in [1.807, 2.05) is 25.1 Å². The van der Waals surface area contributed by atoms with Crippen LogP contribution in [0.1, 0.15) is 45.1 Å². The number of hydrogen-bond donors (Lipinski definition) is 1. The van der Waals surface area contributed by atoms with Crippen LogP contribution in [0.4, 0.5) is 0 Å². The van der Waals surface area contributed by atoms with Gasteiger partial charge in [-0.05, 0) is 50.6 Å². The summed E-state index contributed by atoms with van der Waals surface area (Å²) in [6.07, 6.45) is 4.33. The second-order valence-electron chi connectivity index (χ2n) is 6.36. The Hall–Kier alpha value is -1.35. The third kappa shape index (κ3) is 4.57. The van der Waals surface area contributed by atoms with E-state index in [0.717, 1.165) is 19.4 Å². The summed E-state index contributed by atoms with van der Waals surface area (Å²) in [5, 5.41) is 0. The van der Waals surface area contributed by atoms with Gasteiger partial charge in [-0.15, -0.1) is 0 Å². The van der Waals surface area contributed by atoms with Crippen LogP contribution in [-0.4, -0.2) is 23.4 Å². The van der Waals surface area contributed by atoms with E-state index < -0.39 is 0 Å². The van der Waals surface area contributed by atoms with Gasteiger partial charge in [0.05, 0.1) is 0 Å². The van der Waals surface area contributed by atoms with Gasteiger partial charge in [0.2, 0.25) is 5.91 Å². The van der Waals surface area contributed by atoms with Crippen molar-refractivity contribution in [3.05, 3.63) is 35.9 Å². The van der Waals surface area contributed by atoms with Gasteiger partial charge >= 0.3 is 0 Å². The SMILES string of the molecule is CC(CCCN)C(=O)N(Cc1ccccc1)C(C)C1CC1. The number of carbonyl (C=O) groups is 1. The molecule has 2 rings (SSSR count). The third-order valence-electron chi connectivity index (χ3n) is 4.54. The Morgan fingerprint density at radius 1 is 1.29 bits per heavy atom. The maximum Gasteiger partial charge on any atom is 0.225 e. The van der Waals surface area contributed by atoms with Crippen molar-refractivity contribution in [2.24, 2.45) is 17.6 Å². The van der Waals surface area contributed by atoms with Crippen LogP contribution >= 0.6 is 0 Å². The summed E-state index contributed by atoms with van der Waals surface area (Å²) in [5.41, 5.74) is 6.78. The Morgan fingerprint density at radius 2 is 1.95 bits per heavy atom. The van der Waals surface area contributed by atoms with E-state index in [0.29, 0.717) is 18.5 Å². The zero-order valence-electron chi connectivity index (χ0n) is 13.3. The van der Waals surface area contributed by atoms with Crippen LogP contribution in [0.25, 0.3) is 0 Å². The van der Waals surface area contributed by atoms with Gasteiger partial charge < -0.3 is 10.6 Å². The van der Waals surface area contributed by atoms with Crippen LogP contribution in [0.15, 0.2) is 30.3 Å². The van der Waals surface area contributed by atoms with Crippen molar-refractivity contribution in [3.63, 3.8) is 0 Å². The summed E-state index contributed by atoms with van der Waals surface area (Å²) in [4.78, 5) is 14.9. The number of hydrogen-bond acceptors (Lipinski definition) is 2. The smallest absolute Gasteiger partial charge is 0.225 e. The van der Waals surface area contributed by atoms with Crippen LogP contribution in [0.5, 0.6) is 0 Å². The summed E-state index contributed by atoms with van der Waals surface area (Å²) in [5.74, 6) is 1.05. The van der Waals surface area contributed by atoms with Crippen LogP contribution in [-0.2, 0) is 11.3 Å². The van der Waals surface area contributed by atoms with Gasteiger partial charge in [0, 0.05) is 18.5 Å². The van der Waals surface area contributed by atoms with E-state index in [4.69, 9.17) is 5.73 Å². The molecule has 1 aliphatic rings. The van der Waals surface area contributed by atoms with Gasteiger partial charge in [-0.3, -0.25) is 4.79 Å². The lowest BCUT2D eigenvalue weighted by Crippen LogP contribution is -2.42. The standard InChI is InChI=1S/C18H28N2O/c1-14(7-6-12-19)18(21)20(15(2)17-10-11-17)13-16-8-4-3-5-9-16/h3-5,8-9,14-15,17H,6-7,10-13,19H2,1-2H3. The third-order valence-corrected chi connectivity index (χ3v) is 4.54. The number of amides is 1. The lowest BCUT2D eigenvalue weighted by atomic mass is 10.0. The second kappa shape index (κ2) is 7.60. The molecule has 3 heteroatoms. The average Bonchev–Trinajstić information content (AvgIpc) is 3.34. The molecule has 116 valence electrons. The lowest BCUT2D eigenvalue weighted by molar-refractivity contribution is -0.138. The average molecular weight is 288 g/mol. The van der Waals surface area contributed by atoms with Gasteiger partial charge in [0.25, 0.3) is 0 Å². The minimum atomic E-state index is 0.0680. The quantitative estimate of drug-likeness (QED) is 0.798. The first-order valence-corrected chi connectivity index (χ1v) is 8.18. The molecule has 0 saturated heterocycles. The van der Waals surface area contributed by atoms with Crippen molar-refractivity contribution in [2.45, 2.75) is 52.1 Å². The van der Waals surface area contributed by atoms with Crippen molar-refractivity contribution in [2.75, 3.05) is 6.54 Å². The molecule has 1 aromatic carbocycles. The molecule has 2 unspecified atom stereocenters. The van der Waals surface area contributed by atoms with E-state index >= 15 is 0 Å². The summed E-state index contributed by atoms with van der Waals surface area (Å²) < 4.78 is 0. The maximum atomic E-state index is 12.8. The van der Waals surface area contributed by atoms with Crippen molar-refractivity contribution < 1.29 is 4.79 Å². The minimum absolute atomic E-state index is 0.0680. The summed E-state index contributed by atoms with van der Waals surface area (Å²) in [6, 6.07) is 10.6. The zero-order chi connectivity index (χ0) is 15.2. The molecule has 2 atom stereocenters. The van der Waals surface area contributed by atoms with E-state index in [2.05, 4.69) is 24.0 Å². The largest absolute Gasteiger partial charge is 0.335 e. The molecule has 0 aliphatic heterocycles. The molecule has 2 N–H and O–H groups in total. The number of nitrogens with two attached hydrogens (primary N) is 1. The highest BCUT2D eigenvalue weighted by Gasteiger charge is 2.35. The molecule has 0 heterocycles. The fourth-order valence-electron chi connectivity index (χ4n) is 2.87. The van der Waals surface area contributed by atoms with Crippen molar-refractivity contribution in [3.8, 4) is 0 Å². The molecule has 3 nitrogen and oxygen atoms in total. The maximum absolute atomic E-state index is 12.8. The minimum Gasteiger partial charge on any atom is -0.335 e. The topological polar surface area (TPSA) is 46.3 Å². The van der Waals surface area contributed by atoms with E-state index in [1.54, 1.807) is 0 Å². The predicted molar refractivity (Wildman–Crippen MR) is 86.6 cm³/mol. The highest BCUT2D eigenvalue weighted by molar-refractivity contribution is 5.78. The van der Waals surface area contributed by atoms with Gasteiger partial charge in [-0.1, -0.05) is 37.3 Å². The second-order valence-corrected chi connectivity index (χ2v) is 6.36. The lowest BCUT2D eigenvalue weighted by Gasteiger charge is -2.32. The predicted octanol–water partition coefficient (Wildman–Crippen LogP) is 3.19. The van der Waals surface area contributed by atoms with E-state index in [-0.39, 0.29) is 11.8 Å². The van der Waals surface area contributed by atoms with Crippen molar-refractivity contribution in [1.82, 2.24) is 4.90 Å². The Balaban J connectivity index is 2.06. The van der Waals surface area contributed by atoms with Crippen molar-refractivity contribution >= 4 is 5.91 Å².